The van der Waals surface area contributed by atoms with Crippen LogP contribution in [0.25, 0.3) is 0 Å². The molecule has 1 unspecified atom stereocenters. The van der Waals surface area contributed by atoms with E-state index in [2.05, 4.69) is 12.2 Å². The average Bonchev–Trinajstić information content (AvgIpc) is 2.89. The molecule has 0 aliphatic carbocycles. The molecule has 2 rings (SSSR count). The van der Waals surface area contributed by atoms with Crippen LogP contribution < -0.4 is 5.32 Å². The molecule has 1 aromatic carbocycles. The highest BCUT2D eigenvalue weighted by Gasteiger charge is 2.20. The Balaban J connectivity index is 2.39. The molecule has 0 spiro atoms. The highest BCUT2D eigenvalue weighted by atomic mass is 19.1. The van der Waals surface area contributed by atoms with Crippen LogP contribution in [-0.4, -0.2) is 6.54 Å². The summed E-state index contributed by atoms with van der Waals surface area (Å²) in [5.41, 5.74) is 1.70. The van der Waals surface area contributed by atoms with Crippen molar-refractivity contribution >= 4 is 0 Å². The fourth-order valence-electron chi connectivity index (χ4n) is 2.28. The van der Waals surface area contributed by atoms with Crippen molar-refractivity contribution in [2.24, 2.45) is 0 Å². The molecule has 0 saturated carbocycles. The van der Waals surface area contributed by atoms with Crippen LogP contribution in [-0.2, 0) is 6.42 Å². The van der Waals surface area contributed by atoms with E-state index >= 15 is 0 Å². The van der Waals surface area contributed by atoms with E-state index in [1.54, 1.807) is 12.3 Å². The van der Waals surface area contributed by atoms with Crippen LogP contribution in [0.5, 0.6) is 0 Å². The lowest BCUT2D eigenvalue weighted by atomic mass is 9.97. The lowest BCUT2D eigenvalue weighted by Gasteiger charge is -2.19. The Morgan fingerprint density at radius 2 is 1.95 bits per heavy atom. The van der Waals surface area contributed by atoms with Crippen molar-refractivity contribution in [3.8, 4) is 0 Å². The van der Waals surface area contributed by atoms with Gasteiger partial charge in [-0.25, -0.2) is 4.39 Å². The normalized spacial score (nSPS) is 12.6. The van der Waals surface area contributed by atoms with Crippen molar-refractivity contribution in [1.29, 1.82) is 0 Å². The molecule has 0 radical (unpaired) electrons. The summed E-state index contributed by atoms with van der Waals surface area (Å²) in [6, 6.07) is 8.70. The molecule has 0 fully saturated rings. The number of rotatable bonds is 6. The van der Waals surface area contributed by atoms with Gasteiger partial charge in [-0.05, 0) is 25.1 Å². The maximum Gasteiger partial charge on any atom is 0.128 e. The van der Waals surface area contributed by atoms with Gasteiger partial charge >= 0.3 is 0 Å². The lowest BCUT2D eigenvalue weighted by Crippen LogP contribution is -2.24. The number of aryl methyl sites for hydroxylation is 1. The lowest BCUT2D eigenvalue weighted by molar-refractivity contribution is 0.494. The SMILES string of the molecule is CCCNC(c1ccccc1F)c1ccoc1CC. The molecular formula is C16H20FNO. The third-order valence-corrected chi connectivity index (χ3v) is 3.23. The molecule has 0 aliphatic rings. The van der Waals surface area contributed by atoms with Crippen molar-refractivity contribution in [1.82, 2.24) is 5.32 Å². The minimum Gasteiger partial charge on any atom is -0.469 e. The first-order chi connectivity index (χ1) is 9.27. The van der Waals surface area contributed by atoms with Crippen molar-refractivity contribution in [2.45, 2.75) is 32.7 Å². The smallest absolute Gasteiger partial charge is 0.128 e. The first kappa shape index (κ1) is 13.8. The number of nitrogens with one attached hydrogen (secondary N) is 1. The number of halogens is 1. The largest absolute Gasteiger partial charge is 0.469 e. The van der Waals surface area contributed by atoms with Crippen LogP contribution in [0.1, 0.15) is 43.2 Å². The molecule has 2 aromatic rings. The van der Waals surface area contributed by atoms with Gasteiger partial charge < -0.3 is 9.73 Å². The Morgan fingerprint density at radius 3 is 2.63 bits per heavy atom. The topological polar surface area (TPSA) is 25.2 Å². The van der Waals surface area contributed by atoms with Gasteiger partial charge in [0.05, 0.1) is 12.3 Å². The molecule has 2 nitrogen and oxygen atoms in total. The van der Waals surface area contributed by atoms with E-state index < -0.39 is 0 Å². The fraction of sp³-hybridized carbons (Fsp3) is 0.375. The molecule has 19 heavy (non-hydrogen) atoms. The highest BCUT2D eigenvalue weighted by Crippen LogP contribution is 2.28. The Kier molecular flexibility index (Phi) is 4.74. The molecule has 0 bridgehead atoms. The van der Waals surface area contributed by atoms with E-state index in [0.29, 0.717) is 5.56 Å². The molecule has 1 heterocycles. The molecule has 3 heteroatoms. The second-order valence-corrected chi connectivity index (χ2v) is 4.56. The Bertz CT molecular complexity index is 521. The Hall–Kier alpha value is -1.61. The summed E-state index contributed by atoms with van der Waals surface area (Å²) in [6.45, 7) is 4.98. The van der Waals surface area contributed by atoms with Crippen LogP contribution in [0.3, 0.4) is 0 Å². The van der Waals surface area contributed by atoms with Gasteiger partial charge in [0.2, 0.25) is 0 Å². The van der Waals surface area contributed by atoms with Gasteiger partial charge in [0.25, 0.3) is 0 Å². The second-order valence-electron chi connectivity index (χ2n) is 4.56. The van der Waals surface area contributed by atoms with Gasteiger partial charge in [0.1, 0.15) is 11.6 Å². The second kappa shape index (κ2) is 6.53. The predicted molar refractivity (Wildman–Crippen MR) is 74.6 cm³/mol. The minimum atomic E-state index is -0.181. The maximum atomic E-state index is 14.0. The molecule has 1 N–H and O–H groups in total. The third-order valence-electron chi connectivity index (χ3n) is 3.23. The summed E-state index contributed by atoms with van der Waals surface area (Å²) >= 11 is 0. The molecule has 0 aliphatic heterocycles. The van der Waals surface area contributed by atoms with E-state index in [4.69, 9.17) is 4.42 Å². The number of furan rings is 1. The summed E-state index contributed by atoms with van der Waals surface area (Å²) in [5.74, 6) is 0.733. The zero-order chi connectivity index (χ0) is 13.7. The summed E-state index contributed by atoms with van der Waals surface area (Å²) in [6.07, 6.45) is 3.49. The zero-order valence-corrected chi connectivity index (χ0v) is 11.4. The summed E-state index contributed by atoms with van der Waals surface area (Å²) in [5, 5.41) is 3.40. The molecule has 1 atom stereocenters. The van der Waals surface area contributed by atoms with Gasteiger partial charge in [-0.3, -0.25) is 0 Å². The number of hydrogen-bond donors (Lipinski definition) is 1. The molecule has 0 saturated heterocycles. The van der Waals surface area contributed by atoms with Crippen LogP contribution in [0, 0.1) is 5.82 Å². The first-order valence-electron chi connectivity index (χ1n) is 6.82. The van der Waals surface area contributed by atoms with Gasteiger partial charge in [0.15, 0.2) is 0 Å². The maximum absolute atomic E-state index is 14.0. The quantitative estimate of drug-likeness (QED) is 0.848. The Labute approximate surface area is 113 Å². The standard InChI is InChI=1S/C16H20FNO/c1-3-10-18-16(12-7-5-6-8-14(12)17)13-9-11-19-15(13)4-2/h5-9,11,16,18H,3-4,10H2,1-2H3. The van der Waals surface area contributed by atoms with Crippen molar-refractivity contribution in [3.63, 3.8) is 0 Å². The number of benzene rings is 1. The fourth-order valence-corrected chi connectivity index (χ4v) is 2.28. The van der Waals surface area contributed by atoms with Crippen molar-refractivity contribution in [2.75, 3.05) is 6.54 Å². The van der Waals surface area contributed by atoms with E-state index in [1.165, 1.54) is 6.07 Å². The monoisotopic (exact) mass is 261 g/mol. The Morgan fingerprint density at radius 1 is 1.16 bits per heavy atom. The van der Waals surface area contributed by atoms with Crippen molar-refractivity contribution in [3.05, 3.63) is 59.3 Å². The van der Waals surface area contributed by atoms with Crippen molar-refractivity contribution < 1.29 is 8.81 Å². The summed E-state index contributed by atoms with van der Waals surface area (Å²) in [4.78, 5) is 0. The summed E-state index contributed by atoms with van der Waals surface area (Å²) in [7, 11) is 0. The van der Waals surface area contributed by atoms with Crippen LogP contribution in [0.4, 0.5) is 4.39 Å². The van der Waals surface area contributed by atoms with E-state index in [1.807, 2.05) is 25.1 Å². The van der Waals surface area contributed by atoms with Gasteiger partial charge in [-0.2, -0.15) is 0 Å². The summed E-state index contributed by atoms with van der Waals surface area (Å²) < 4.78 is 19.5. The average molecular weight is 261 g/mol. The van der Waals surface area contributed by atoms with E-state index in [0.717, 1.165) is 30.7 Å². The van der Waals surface area contributed by atoms with Gasteiger partial charge in [-0.1, -0.05) is 32.0 Å². The van der Waals surface area contributed by atoms with E-state index in [9.17, 15) is 4.39 Å². The zero-order valence-electron chi connectivity index (χ0n) is 11.4. The van der Waals surface area contributed by atoms with E-state index in [-0.39, 0.29) is 11.9 Å². The first-order valence-corrected chi connectivity index (χ1v) is 6.82. The van der Waals surface area contributed by atoms with Gasteiger partial charge in [-0.15, -0.1) is 0 Å². The van der Waals surface area contributed by atoms with Gasteiger partial charge in [0, 0.05) is 17.5 Å². The number of hydrogen-bond acceptors (Lipinski definition) is 2. The molecule has 0 amide bonds. The minimum absolute atomic E-state index is 0.144. The van der Waals surface area contributed by atoms with Crippen LogP contribution in [0.15, 0.2) is 41.0 Å². The van der Waals surface area contributed by atoms with Crippen LogP contribution >= 0.6 is 0 Å². The highest BCUT2D eigenvalue weighted by molar-refractivity contribution is 5.34. The predicted octanol–water partition coefficient (Wildman–Crippen LogP) is 4.07. The molecule has 102 valence electrons. The third kappa shape index (κ3) is 3.04. The van der Waals surface area contributed by atoms with Crippen LogP contribution in [0.2, 0.25) is 0 Å². The molecule has 1 aromatic heterocycles. The molecular weight excluding hydrogens is 241 g/mol.